The lowest BCUT2D eigenvalue weighted by atomic mass is 10.1. The van der Waals surface area contributed by atoms with Crippen LogP contribution in [0.2, 0.25) is 0 Å². The number of hydrogen-bond donors (Lipinski definition) is 3. The Balaban J connectivity index is 1.57. The number of aromatic nitrogens is 2. The summed E-state index contributed by atoms with van der Waals surface area (Å²) in [5.41, 5.74) is 2.00. The third-order valence-corrected chi connectivity index (χ3v) is 6.96. The van der Waals surface area contributed by atoms with Crippen molar-refractivity contribution in [2.45, 2.75) is 0 Å². The molecule has 11 nitrogen and oxygen atoms in total. The summed E-state index contributed by atoms with van der Waals surface area (Å²) >= 11 is -2.63. The van der Waals surface area contributed by atoms with Crippen molar-refractivity contribution in [3.8, 4) is 17.2 Å². The predicted octanol–water partition coefficient (Wildman–Crippen LogP) is 6.07. The van der Waals surface area contributed by atoms with Crippen LogP contribution in [-0.2, 0) is 11.3 Å². The van der Waals surface area contributed by atoms with E-state index in [2.05, 4.69) is 20.6 Å². The number of nitrogens with zero attached hydrogens (tertiary/aromatic N) is 3. The van der Waals surface area contributed by atoms with Gasteiger partial charge in [-0.2, -0.15) is 0 Å². The van der Waals surface area contributed by atoms with Gasteiger partial charge < -0.3 is 24.8 Å². The number of rotatable bonds is 10. The predicted molar refractivity (Wildman–Crippen MR) is 163 cm³/mol. The Morgan fingerprint density at radius 1 is 0.837 bits per heavy atom. The highest BCUT2D eigenvalue weighted by Crippen LogP contribution is 2.36. The van der Waals surface area contributed by atoms with Gasteiger partial charge in [0.2, 0.25) is 0 Å². The van der Waals surface area contributed by atoms with Gasteiger partial charge in [0.05, 0.1) is 43.6 Å². The number of ether oxygens (including phenoxy) is 3. The van der Waals surface area contributed by atoms with Gasteiger partial charge in [-0.1, -0.05) is 18.2 Å². The average Bonchev–Trinajstić information content (AvgIpc) is 3.01. The number of hydrogen-bond acceptors (Lipinski definition) is 8. The van der Waals surface area contributed by atoms with Crippen molar-refractivity contribution in [2.24, 2.45) is 0 Å². The van der Waals surface area contributed by atoms with Crippen molar-refractivity contribution >= 4 is 56.9 Å². The number of methoxy groups -OCH3 is 3. The van der Waals surface area contributed by atoms with E-state index in [4.69, 9.17) is 14.2 Å². The van der Waals surface area contributed by atoms with E-state index in [-0.39, 0.29) is 34.3 Å². The Bertz CT molecular complexity index is 1820. The van der Waals surface area contributed by atoms with Crippen LogP contribution in [0, 0.1) is 5.82 Å². The zero-order chi connectivity index (χ0) is 30.5. The molecule has 1 amide bonds. The summed E-state index contributed by atoms with van der Waals surface area (Å²) in [5.74, 6) is 0.155. The second kappa shape index (κ2) is 12.7. The minimum Gasteiger partial charge on any atom is -0.497 e. The molecule has 1 unspecified atom stereocenters. The quantitative estimate of drug-likeness (QED) is 0.163. The molecule has 1 heterocycles. The minimum atomic E-state index is -2.63. The molecule has 1 atom stereocenters. The summed E-state index contributed by atoms with van der Waals surface area (Å²) in [6.45, 7) is 0. The van der Waals surface area contributed by atoms with Crippen LogP contribution in [0.1, 0.15) is 10.4 Å². The van der Waals surface area contributed by atoms with Crippen LogP contribution in [0.3, 0.4) is 0 Å². The SMILES string of the molecule is COc1cc(Nc2nc3ccccc3nc2N(c2cccc(NC(=O)c3cc(F)ccc3OC)c2)S(=O)O)cc(OC)c1. The van der Waals surface area contributed by atoms with Crippen molar-refractivity contribution in [1.29, 1.82) is 0 Å². The molecule has 1 aromatic heterocycles. The van der Waals surface area contributed by atoms with Gasteiger partial charge in [0.15, 0.2) is 11.6 Å². The van der Waals surface area contributed by atoms with Crippen LogP contribution >= 0.6 is 0 Å². The molecule has 5 aromatic rings. The highest BCUT2D eigenvalue weighted by molar-refractivity contribution is 7.81. The van der Waals surface area contributed by atoms with Crippen molar-refractivity contribution in [1.82, 2.24) is 9.97 Å². The number of nitrogens with one attached hydrogen (secondary N) is 2. The Kier molecular flexibility index (Phi) is 8.64. The first kappa shape index (κ1) is 29.2. The molecule has 4 aromatic carbocycles. The summed E-state index contributed by atoms with van der Waals surface area (Å²) in [5, 5.41) is 5.85. The number of benzene rings is 4. The van der Waals surface area contributed by atoms with Crippen LogP contribution in [0.5, 0.6) is 17.2 Å². The monoisotopic (exact) mass is 603 g/mol. The van der Waals surface area contributed by atoms with Crippen molar-refractivity contribution in [2.75, 3.05) is 36.3 Å². The maximum atomic E-state index is 13.9. The summed E-state index contributed by atoms with van der Waals surface area (Å²) in [7, 11) is 4.41. The maximum absolute atomic E-state index is 13.9. The van der Waals surface area contributed by atoms with E-state index in [9.17, 15) is 17.9 Å². The molecule has 0 saturated heterocycles. The fourth-order valence-electron chi connectivity index (χ4n) is 4.29. The molecule has 0 spiro atoms. The van der Waals surface area contributed by atoms with Gasteiger partial charge in [0, 0.05) is 29.6 Å². The molecule has 0 radical (unpaired) electrons. The number of anilines is 5. The number of halogens is 1. The third kappa shape index (κ3) is 6.47. The number of carbonyl (C=O) groups is 1. The van der Waals surface area contributed by atoms with E-state index in [1.54, 1.807) is 60.7 Å². The van der Waals surface area contributed by atoms with Crippen LogP contribution in [0.15, 0.2) is 84.9 Å². The van der Waals surface area contributed by atoms with Gasteiger partial charge >= 0.3 is 0 Å². The van der Waals surface area contributed by atoms with Gasteiger partial charge in [-0.3, -0.25) is 9.35 Å². The zero-order valence-electron chi connectivity index (χ0n) is 23.2. The smallest absolute Gasteiger partial charge is 0.268 e. The lowest BCUT2D eigenvalue weighted by molar-refractivity contribution is 0.102. The Morgan fingerprint density at radius 2 is 1.53 bits per heavy atom. The number of amides is 1. The van der Waals surface area contributed by atoms with E-state index < -0.39 is 23.0 Å². The standard InChI is InChI=1S/C30H26FN5O6S/c1-40-22-15-20(16-23(17-22)41-2)32-28-29(35-26-10-5-4-9-25(26)34-28)36(43(38)39)21-8-6-7-19(14-21)33-30(37)24-13-18(31)11-12-27(24)42-3/h4-17H,1-3H3,(H,32,34)(H,33,37)(H,38,39). The number of carbonyl (C=O) groups excluding carboxylic acids is 1. The van der Waals surface area contributed by atoms with Crippen molar-refractivity contribution in [3.05, 3.63) is 96.3 Å². The first-order chi connectivity index (χ1) is 20.8. The lowest BCUT2D eigenvalue weighted by Gasteiger charge is -2.23. The summed E-state index contributed by atoms with van der Waals surface area (Å²) < 4.78 is 54.3. The molecule has 220 valence electrons. The first-order valence-corrected chi connectivity index (χ1v) is 13.8. The third-order valence-electron chi connectivity index (χ3n) is 6.26. The summed E-state index contributed by atoms with van der Waals surface area (Å²) in [4.78, 5) is 22.4. The van der Waals surface area contributed by atoms with Gasteiger partial charge in [-0.15, -0.1) is 0 Å². The second-order valence-corrected chi connectivity index (χ2v) is 9.81. The van der Waals surface area contributed by atoms with Crippen LogP contribution < -0.4 is 29.1 Å². The molecule has 0 aliphatic heterocycles. The summed E-state index contributed by atoms with van der Waals surface area (Å²) in [6.07, 6.45) is 0. The Labute approximate surface area is 248 Å². The normalized spacial score (nSPS) is 11.5. The van der Waals surface area contributed by atoms with Crippen molar-refractivity contribution in [3.63, 3.8) is 0 Å². The van der Waals surface area contributed by atoms with E-state index in [1.807, 2.05) is 0 Å². The van der Waals surface area contributed by atoms with E-state index in [0.29, 0.717) is 28.2 Å². The van der Waals surface area contributed by atoms with Gasteiger partial charge in [0.25, 0.3) is 17.2 Å². The molecule has 13 heteroatoms. The summed E-state index contributed by atoms with van der Waals surface area (Å²) in [6, 6.07) is 22.0. The van der Waals surface area contributed by atoms with Gasteiger partial charge in [-0.25, -0.2) is 22.9 Å². The van der Waals surface area contributed by atoms with Crippen molar-refractivity contribution < 1.29 is 32.2 Å². The zero-order valence-corrected chi connectivity index (χ0v) is 24.0. The molecule has 43 heavy (non-hydrogen) atoms. The topological polar surface area (TPSA) is 135 Å². The molecular formula is C30H26FN5O6S. The van der Waals surface area contributed by atoms with Gasteiger partial charge in [0.1, 0.15) is 23.1 Å². The van der Waals surface area contributed by atoms with E-state index in [0.717, 1.165) is 10.4 Å². The van der Waals surface area contributed by atoms with E-state index >= 15 is 0 Å². The highest BCUT2D eigenvalue weighted by Gasteiger charge is 2.24. The van der Waals surface area contributed by atoms with Crippen LogP contribution in [0.4, 0.5) is 33.1 Å². The minimum absolute atomic E-state index is 0.0175. The molecule has 5 rings (SSSR count). The number of para-hydroxylation sites is 2. The molecular weight excluding hydrogens is 577 g/mol. The molecule has 0 bridgehead atoms. The Hall–Kier alpha value is -5.27. The first-order valence-electron chi connectivity index (χ1n) is 12.7. The second-order valence-electron chi connectivity index (χ2n) is 8.99. The Morgan fingerprint density at radius 3 is 2.19 bits per heavy atom. The number of fused-ring (bicyclic) bond motifs is 1. The molecule has 0 fully saturated rings. The fourth-order valence-corrected chi connectivity index (χ4v) is 4.85. The lowest BCUT2D eigenvalue weighted by Crippen LogP contribution is -2.22. The maximum Gasteiger partial charge on any atom is 0.268 e. The molecule has 0 saturated carbocycles. The fraction of sp³-hybridized carbons (Fsp3) is 0.100. The molecule has 0 aliphatic carbocycles. The van der Waals surface area contributed by atoms with Gasteiger partial charge in [-0.05, 0) is 48.5 Å². The highest BCUT2D eigenvalue weighted by atomic mass is 32.2. The molecule has 3 N–H and O–H groups in total. The van der Waals surface area contributed by atoms with Crippen LogP contribution in [-0.4, -0.2) is 46.0 Å². The molecule has 0 aliphatic rings. The van der Waals surface area contributed by atoms with E-state index in [1.165, 1.54) is 39.5 Å². The average molecular weight is 604 g/mol. The van der Waals surface area contributed by atoms with Crippen LogP contribution in [0.25, 0.3) is 11.0 Å². The largest absolute Gasteiger partial charge is 0.497 e.